The molecule has 3 aromatic carbocycles. The number of hydrogen-bond acceptors (Lipinski definition) is 15. The van der Waals surface area contributed by atoms with E-state index in [2.05, 4.69) is 60.2 Å². The molecule has 0 aromatic heterocycles. The van der Waals surface area contributed by atoms with Crippen molar-refractivity contribution in [3.63, 3.8) is 0 Å². The summed E-state index contributed by atoms with van der Waals surface area (Å²) < 4.78 is 28.0. The number of carbonyl (C=O) groups is 1. The Morgan fingerprint density at radius 3 is 1.79 bits per heavy atom. The van der Waals surface area contributed by atoms with Gasteiger partial charge in [0.2, 0.25) is 5.91 Å². The van der Waals surface area contributed by atoms with Crippen LogP contribution in [0.1, 0.15) is 0 Å². The molecule has 4 aliphatic heterocycles. The zero-order chi connectivity index (χ0) is 32.9. The number of rotatable bonds is 9. The lowest BCUT2D eigenvalue weighted by Crippen LogP contribution is -2.33. The maximum Gasteiger partial charge on any atom is 0.261 e. The molecule has 2 atom stereocenters. The number of anilines is 2. The molecule has 0 saturated carbocycles. The highest BCUT2D eigenvalue weighted by atomic mass is 32.2. The van der Waals surface area contributed by atoms with E-state index < -0.39 is 26.7 Å². The zero-order valence-electron chi connectivity index (χ0n) is 24.5. The van der Waals surface area contributed by atoms with Crippen LogP contribution < -0.4 is 10.0 Å². The Bertz CT molecular complexity index is 2060. The first-order valence-electron chi connectivity index (χ1n) is 14.1. The van der Waals surface area contributed by atoms with Crippen molar-refractivity contribution in [2.75, 3.05) is 10.0 Å². The van der Waals surface area contributed by atoms with Crippen LogP contribution in [0.3, 0.4) is 0 Å². The van der Waals surface area contributed by atoms with Crippen LogP contribution in [0.4, 0.5) is 22.7 Å². The Hall–Kier alpha value is -5.46. The number of benzene rings is 3. The second-order valence-electron chi connectivity index (χ2n) is 10.0. The van der Waals surface area contributed by atoms with Gasteiger partial charge in [-0.25, -0.2) is 38.4 Å². The number of thioether (sulfide) groups is 2. The van der Waals surface area contributed by atoms with Crippen molar-refractivity contribution in [2.24, 2.45) is 50.2 Å². The number of azo groups is 1. The predicted molar refractivity (Wildman–Crippen MR) is 193 cm³/mol. The van der Waals surface area contributed by atoms with Gasteiger partial charge in [0.05, 0.1) is 16.3 Å². The Morgan fingerprint density at radius 1 is 0.667 bits per heavy atom. The third-order valence-corrected chi connectivity index (χ3v) is 10.7. The summed E-state index contributed by atoms with van der Waals surface area (Å²) in [7, 11) is -3.93. The van der Waals surface area contributed by atoms with E-state index in [0.29, 0.717) is 44.5 Å². The minimum atomic E-state index is -3.93. The molecular weight excluding hydrogens is 673 g/mol. The average Bonchev–Trinajstić information content (AvgIpc) is 3.79. The largest absolute Gasteiger partial charge is 0.324 e. The van der Waals surface area contributed by atoms with Crippen molar-refractivity contribution in [1.82, 2.24) is 0 Å². The minimum Gasteiger partial charge on any atom is -0.324 e. The molecule has 4 heterocycles. The molecular formula is C30H22N12O3S3. The van der Waals surface area contributed by atoms with Gasteiger partial charge < -0.3 is 5.32 Å². The number of amidine groups is 2. The van der Waals surface area contributed by atoms with E-state index in [4.69, 9.17) is 0 Å². The number of hydrogen-bond donors (Lipinski definition) is 2. The van der Waals surface area contributed by atoms with Crippen LogP contribution in [0.15, 0.2) is 134 Å². The molecule has 4 aliphatic rings. The van der Waals surface area contributed by atoms with Crippen LogP contribution in [0.2, 0.25) is 0 Å². The van der Waals surface area contributed by atoms with Gasteiger partial charge in [0, 0.05) is 11.4 Å². The maximum absolute atomic E-state index is 13.7. The van der Waals surface area contributed by atoms with E-state index in [0.717, 1.165) is 0 Å². The molecule has 0 spiro atoms. The first-order chi connectivity index (χ1) is 23.4. The Labute approximate surface area is 282 Å². The van der Waals surface area contributed by atoms with Gasteiger partial charge in [0.25, 0.3) is 10.0 Å². The number of amides is 1. The summed E-state index contributed by atoms with van der Waals surface area (Å²) in [6.45, 7) is 0. The van der Waals surface area contributed by atoms with Crippen LogP contribution in [0.5, 0.6) is 0 Å². The normalized spacial score (nSPS) is 19.7. The molecule has 15 nitrogen and oxygen atoms in total. The van der Waals surface area contributed by atoms with Crippen molar-refractivity contribution in [1.29, 1.82) is 0 Å². The predicted octanol–water partition coefficient (Wildman–Crippen LogP) is 5.13. The summed E-state index contributed by atoms with van der Waals surface area (Å²) in [6.07, 6.45) is 5.58. The lowest BCUT2D eigenvalue weighted by Gasteiger charge is -2.22. The Balaban J connectivity index is 1.03. The van der Waals surface area contributed by atoms with Crippen LogP contribution in [-0.4, -0.2) is 78.1 Å². The van der Waals surface area contributed by atoms with Crippen molar-refractivity contribution >= 4 is 109 Å². The first kappa shape index (κ1) is 31.2. The van der Waals surface area contributed by atoms with Gasteiger partial charge in [0.1, 0.15) is 40.0 Å². The number of carbonyl (C=O) groups excluding carboxylic acids is 1. The summed E-state index contributed by atoms with van der Waals surface area (Å²) in [5.74, 6) is 0.589. The Morgan fingerprint density at radius 2 is 1.21 bits per heavy atom. The van der Waals surface area contributed by atoms with Crippen molar-refractivity contribution < 1.29 is 13.2 Å². The molecule has 0 saturated heterocycles. The summed E-state index contributed by atoms with van der Waals surface area (Å²) >= 11 is 2.38. The van der Waals surface area contributed by atoms with Crippen LogP contribution in [0.25, 0.3) is 0 Å². The summed E-state index contributed by atoms with van der Waals surface area (Å²) in [6, 6.07) is 20.6. The average molecular weight is 695 g/mol. The molecule has 2 N–H and O–H groups in total. The van der Waals surface area contributed by atoms with E-state index in [1.54, 1.807) is 24.3 Å². The van der Waals surface area contributed by atoms with E-state index >= 15 is 0 Å². The highest BCUT2D eigenvalue weighted by molar-refractivity contribution is 8.31. The van der Waals surface area contributed by atoms with E-state index in [9.17, 15) is 13.2 Å². The van der Waals surface area contributed by atoms with Crippen molar-refractivity contribution in [2.45, 2.75) is 21.6 Å². The smallest absolute Gasteiger partial charge is 0.261 e. The minimum absolute atomic E-state index is 0.0113. The zero-order valence-corrected chi connectivity index (χ0v) is 26.9. The van der Waals surface area contributed by atoms with Crippen LogP contribution in [0, 0.1) is 0 Å². The summed E-state index contributed by atoms with van der Waals surface area (Å²) in [5.41, 5.74) is 2.02. The fourth-order valence-corrected chi connectivity index (χ4v) is 7.88. The van der Waals surface area contributed by atoms with E-state index in [-0.39, 0.29) is 10.8 Å². The Kier molecular flexibility index (Phi) is 8.91. The van der Waals surface area contributed by atoms with Gasteiger partial charge in [-0.05, 0) is 60.7 Å². The molecule has 0 bridgehead atoms. The molecule has 2 unspecified atom stereocenters. The number of fused-ring (bicyclic) bond motifs is 2. The quantitative estimate of drug-likeness (QED) is 0.231. The van der Waals surface area contributed by atoms with Gasteiger partial charge in [0.15, 0.2) is 23.8 Å². The molecule has 238 valence electrons. The summed E-state index contributed by atoms with van der Waals surface area (Å²) in [5, 5.41) is 12.3. The molecule has 3 aromatic rings. The third kappa shape index (κ3) is 7.09. The lowest BCUT2D eigenvalue weighted by molar-refractivity contribution is -0.114. The second kappa shape index (κ2) is 13.7. The lowest BCUT2D eigenvalue weighted by atomic mass is 10.3. The standard InChI is InChI=1S/C30H22N12O3S3/c43-27(30(46-28-23-25(33-14-31-23)35-16-37-28)47-29-24-26(34-15-32-24)36-17-38-29)39-18-10-12-22(13-11-18)48(44,45)42-21-8-6-20(7-9-21)41-40-19-4-2-1-3-5-19/h1-17,23-24,30,42H,(H,39,43). The number of sulfonamides is 1. The van der Waals surface area contributed by atoms with E-state index in [1.165, 1.54) is 73.1 Å². The second-order valence-corrected chi connectivity index (χ2v) is 14.2. The number of nitrogens with one attached hydrogen (secondary N) is 2. The van der Waals surface area contributed by atoms with Crippen molar-refractivity contribution in [3.8, 4) is 0 Å². The summed E-state index contributed by atoms with van der Waals surface area (Å²) in [4.78, 5) is 47.7. The van der Waals surface area contributed by atoms with Crippen LogP contribution in [-0.2, 0) is 14.8 Å². The molecule has 1 amide bonds. The van der Waals surface area contributed by atoms with Gasteiger partial charge >= 0.3 is 0 Å². The van der Waals surface area contributed by atoms with Gasteiger partial charge in [-0.2, -0.15) is 10.2 Å². The van der Waals surface area contributed by atoms with Crippen molar-refractivity contribution in [3.05, 3.63) is 78.9 Å². The molecule has 0 radical (unpaired) electrons. The maximum atomic E-state index is 13.7. The highest BCUT2D eigenvalue weighted by Crippen LogP contribution is 2.34. The fourth-order valence-electron chi connectivity index (χ4n) is 4.46. The monoisotopic (exact) mass is 694 g/mol. The van der Waals surface area contributed by atoms with Gasteiger partial charge in [-0.3, -0.25) is 19.5 Å². The highest BCUT2D eigenvalue weighted by Gasteiger charge is 2.36. The first-order valence-corrected chi connectivity index (χ1v) is 17.4. The molecule has 48 heavy (non-hydrogen) atoms. The van der Waals surface area contributed by atoms with E-state index in [1.807, 2.05) is 30.3 Å². The topological polar surface area (TPSA) is 199 Å². The van der Waals surface area contributed by atoms with Gasteiger partial charge in [-0.15, -0.1) is 0 Å². The molecule has 18 heteroatoms. The third-order valence-electron chi connectivity index (χ3n) is 6.78. The fraction of sp³-hybridized carbons (Fsp3) is 0.100. The number of aliphatic imine (C=N–C) groups is 8. The van der Waals surface area contributed by atoms with Gasteiger partial charge in [-0.1, -0.05) is 41.7 Å². The van der Waals surface area contributed by atoms with Crippen LogP contribution >= 0.6 is 23.5 Å². The molecule has 0 aliphatic carbocycles. The molecule has 7 rings (SSSR count). The molecule has 0 fully saturated rings. The SMILES string of the molecule is O=C(Nc1ccc(S(=O)(=O)Nc2ccc(N=Nc3ccccc3)cc2)cc1)C(SC1=NC=NC2=NC=NC21)SC1=NC=NC2=NC=NC21. The number of nitrogens with zero attached hydrogens (tertiary/aromatic N) is 10.